The Morgan fingerprint density at radius 2 is 0.879 bits per heavy atom. The Morgan fingerprint density at radius 3 is 1.33 bits per heavy atom. The van der Waals surface area contributed by atoms with E-state index in [4.69, 9.17) is 18.9 Å². The summed E-state index contributed by atoms with van der Waals surface area (Å²) >= 11 is 0. The van der Waals surface area contributed by atoms with Gasteiger partial charge >= 0.3 is 5.97 Å². The van der Waals surface area contributed by atoms with Gasteiger partial charge in [-0.1, -0.05) is 210 Å². The molecule has 0 bridgehead atoms. The maximum absolute atomic E-state index is 12.9. The van der Waals surface area contributed by atoms with Crippen molar-refractivity contribution in [2.24, 2.45) is 0 Å². The van der Waals surface area contributed by atoms with Gasteiger partial charge in [-0.15, -0.1) is 0 Å². The molecule has 6 unspecified atom stereocenters. The second kappa shape index (κ2) is 48.2. The maximum Gasteiger partial charge on any atom is 0.306 e. The van der Waals surface area contributed by atoms with E-state index in [2.05, 4.69) is 62.5 Å². The molecule has 386 valence electrons. The molecule has 0 aromatic heterocycles. The number of hydrogen-bond acceptors (Lipinski definition) is 9. The van der Waals surface area contributed by atoms with E-state index in [-0.39, 0.29) is 19.2 Å². The fourth-order valence-corrected chi connectivity index (χ4v) is 8.38. The van der Waals surface area contributed by atoms with Crippen LogP contribution in [-0.2, 0) is 23.7 Å². The molecule has 0 aromatic rings. The minimum Gasteiger partial charge on any atom is -0.457 e. The Bertz CT molecular complexity index is 1150. The molecular weight excluding hydrogens is 829 g/mol. The maximum atomic E-state index is 12.9. The van der Waals surface area contributed by atoms with Gasteiger partial charge in [0.25, 0.3) is 0 Å². The summed E-state index contributed by atoms with van der Waals surface area (Å²) in [6, 6.07) is 0. The van der Waals surface area contributed by atoms with Gasteiger partial charge in [-0.25, -0.2) is 0 Å². The minimum atomic E-state index is -1.54. The molecular formula is C57H104O9. The summed E-state index contributed by atoms with van der Waals surface area (Å²) in [5, 5.41) is 40.3. The summed E-state index contributed by atoms with van der Waals surface area (Å²) in [6.45, 7) is 4.55. The Morgan fingerprint density at radius 1 is 0.485 bits per heavy atom. The Kier molecular flexibility index (Phi) is 45.4. The lowest BCUT2D eigenvalue weighted by molar-refractivity contribution is -0.305. The quantitative estimate of drug-likeness (QED) is 0.0267. The first-order valence-electron chi connectivity index (χ1n) is 27.7. The molecule has 6 atom stereocenters. The lowest BCUT2D eigenvalue weighted by Crippen LogP contribution is -2.59. The second-order valence-electron chi connectivity index (χ2n) is 19.0. The van der Waals surface area contributed by atoms with Crippen LogP contribution in [0.15, 0.2) is 48.6 Å². The average molecular weight is 933 g/mol. The topological polar surface area (TPSA) is 135 Å². The van der Waals surface area contributed by atoms with Gasteiger partial charge in [0.1, 0.15) is 30.5 Å². The molecule has 1 aliphatic heterocycles. The zero-order valence-corrected chi connectivity index (χ0v) is 42.7. The summed E-state index contributed by atoms with van der Waals surface area (Å²) in [5.41, 5.74) is 0. The van der Waals surface area contributed by atoms with Crippen molar-refractivity contribution in [1.29, 1.82) is 0 Å². The van der Waals surface area contributed by atoms with Crippen LogP contribution in [0.5, 0.6) is 0 Å². The van der Waals surface area contributed by atoms with Crippen LogP contribution >= 0.6 is 0 Å². The van der Waals surface area contributed by atoms with Gasteiger partial charge < -0.3 is 39.4 Å². The highest BCUT2D eigenvalue weighted by Crippen LogP contribution is 2.23. The van der Waals surface area contributed by atoms with Crippen LogP contribution in [-0.4, -0.2) is 89.6 Å². The van der Waals surface area contributed by atoms with Gasteiger partial charge in [0.05, 0.1) is 19.8 Å². The van der Waals surface area contributed by atoms with Crippen molar-refractivity contribution < 1.29 is 44.2 Å². The van der Waals surface area contributed by atoms with E-state index in [0.29, 0.717) is 13.0 Å². The summed E-state index contributed by atoms with van der Waals surface area (Å²) in [7, 11) is 0. The molecule has 1 saturated heterocycles. The van der Waals surface area contributed by atoms with Crippen molar-refractivity contribution in [1.82, 2.24) is 0 Å². The minimum absolute atomic E-state index is 0.115. The van der Waals surface area contributed by atoms with E-state index in [9.17, 15) is 25.2 Å². The molecule has 66 heavy (non-hydrogen) atoms. The molecule has 0 amide bonds. The largest absolute Gasteiger partial charge is 0.457 e. The predicted octanol–water partition coefficient (Wildman–Crippen LogP) is 14.0. The predicted molar refractivity (Wildman–Crippen MR) is 275 cm³/mol. The number of unbranched alkanes of at least 4 members (excludes halogenated alkanes) is 29. The van der Waals surface area contributed by atoms with E-state index in [1.807, 2.05) is 0 Å². The molecule has 4 N–H and O–H groups in total. The zero-order valence-electron chi connectivity index (χ0n) is 42.7. The SMILES string of the molecule is CCCCC/C=C\C/C=C\CCCCCCCCCCCCOCC(COC1OC(CO)C(O)C(O)C1O)OC(=O)CCCCCCCCCCCCC/C=C\C/C=C\CCCCCCC. The molecule has 1 rings (SSSR count). The third-order valence-corrected chi connectivity index (χ3v) is 12.7. The summed E-state index contributed by atoms with van der Waals surface area (Å²) < 4.78 is 22.9. The number of carbonyl (C=O) groups excluding carboxylic acids is 1. The third kappa shape index (κ3) is 38.1. The number of aliphatic hydroxyl groups is 4. The van der Waals surface area contributed by atoms with Crippen LogP contribution in [0.25, 0.3) is 0 Å². The van der Waals surface area contributed by atoms with Crippen molar-refractivity contribution in [3.8, 4) is 0 Å². The van der Waals surface area contributed by atoms with E-state index >= 15 is 0 Å². The number of hydrogen-bond donors (Lipinski definition) is 4. The molecule has 0 saturated carbocycles. The van der Waals surface area contributed by atoms with Crippen LogP contribution < -0.4 is 0 Å². The van der Waals surface area contributed by atoms with E-state index in [1.54, 1.807) is 0 Å². The first kappa shape index (κ1) is 62.2. The van der Waals surface area contributed by atoms with Gasteiger partial charge in [-0.05, 0) is 77.0 Å². The fourth-order valence-electron chi connectivity index (χ4n) is 8.38. The highest BCUT2D eigenvalue weighted by Gasteiger charge is 2.44. The smallest absolute Gasteiger partial charge is 0.306 e. The Hall–Kier alpha value is -1.85. The standard InChI is InChI=1S/C57H104O9/c1-3-5-7-9-11-13-15-17-19-21-23-25-26-27-28-30-32-34-36-38-40-42-44-46-53(59)65-51(50-64-57-56(62)55(61)54(60)52(48-58)66-57)49-63-47-45-43-41-39-37-35-33-31-29-24-22-20-18-16-14-12-10-8-6-4-2/h12,14-15,17-18,20-21,23,51-52,54-58,60-62H,3-11,13,16,19,22,24-50H2,1-2H3/b14-12-,17-15-,20-18-,23-21-. The third-order valence-electron chi connectivity index (χ3n) is 12.7. The zero-order chi connectivity index (χ0) is 47.8. The highest BCUT2D eigenvalue weighted by atomic mass is 16.7. The number of aliphatic hydroxyl groups excluding tert-OH is 4. The molecule has 1 fully saturated rings. The van der Waals surface area contributed by atoms with Crippen LogP contribution in [0, 0.1) is 0 Å². The van der Waals surface area contributed by atoms with Crippen LogP contribution in [0.1, 0.15) is 245 Å². The Labute approximate surface area is 405 Å². The normalized spacial score (nSPS) is 19.6. The van der Waals surface area contributed by atoms with Crippen molar-refractivity contribution in [2.45, 2.75) is 282 Å². The van der Waals surface area contributed by atoms with Gasteiger partial charge in [-0.3, -0.25) is 4.79 Å². The van der Waals surface area contributed by atoms with E-state index in [1.165, 1.54) is 180 Å². The highest BCUT2D eigenvalue weighted by molar-refractivity contribution is 5.69. The van der Waals surface area contributed by atoms with Gasteiger partial charge in [-0.2, -0.15) is 0 Å². The lowest BCUT2D eigenvalue weighted by Gasteiger charge is -2.39. The molecule has 9 heteroatoms. The van der Waals surface area contributed by atoms with Gasteiger partial charge in [0.2, 0.25) is 0 Å². The molecule has 9 nitrogen and oxygen atoms in total. The average Bonchev–Trinajstić information content (AvgIpc) is 3.32. The van der Waals surface area contributed by atoms with Gasteiger partial charge in [0, 0.05) is 13.0 Å². The molecule has 0 aliphatic carbocycles. The fraction of sp³-hybridized carbons (Fsp3) is 0.842. The monoisotopic (exact) mass is 933 g/mol. The molecule has 0 radical (unpaired) electrons. The number of esters is 1. The number of rotatable bonds is 48. The number of ether oxygens (including phenoxy) is 4. The molecule has 1 aliphatic rings. The first-order valence-corrected chi connectivity index (χ1v) is 27.7. The lowest BCUT2D eigenvalue weighted by atomic mass is 9.99. The molecule has 1 heterocycles. The molecule has 0 spiro atoms. The first-order chi connectivity index (χ1) is 32.4. The van der Waals surface area contributed by atoms with E-state index in [0.717, 1.165) is 44.9 Å². The summed E-state index contributed by atoms with van der Waals surface area (Å²) in [4.78, 5) is 12.9. The Balaban J connectivity index is 2.17. The number of allylic oxidation sites excluding steroid dienone is 8. The van der Waals surface area contributed by atoms with E-state index < -0.39 is 43.4 Å². The van der Waals surface area contributed by atoms with Crippen molar-refractivity contribution in [3.63, 3.8) is 0 Å². The second-order valence-corrected chi connectivity index (χ2v) is 19.0. The van der Waals surface area contributed by atoms with Gasteiger partial charge in [0.15, 0.2) is 6.29 Å². The molecule has 0 aromatic carbocycles. The van der Waals surface area contributed by atoms with Crippen LogP contribution in [0.3, 0.4) is 0 Å². The van der Waals surface area contributed by atoms with Crippen molar-refractivity contribution in [3.05, 3.63) is 48.6 Å². The van der Waals surface area contributed by atoms with Crippen molar-refractivity contribution in [2.75, 3.05) is 26.4 Å². The summed E-state index contributed by atoms with van der Waals surface area (Å²) in [5.74, 6) is -0.315. The van der Waals surface area contributed by atoms with Crippen LogP contribution in [0.2, 0.25) is 0 Å². The summed E-state index contributed by atoms with van der Waals surface area (Å²) in [6.07, 6.45) is 54.3. The van der Waals surface area contributed by atoms with Crippen LogP contribution in [0.4, 0.5) is 0 Å². The number of carbonyl (C=O) groups is 1. The van der Waals surface area contributed by atoms with Crippen molar-refractivity contribution >= 4 is 5.97 Å².